The van der Waals surface area contributed by atoms with Gasteiger partial charge in [-0.15, -0.1) is 0 Å². The molecule has 0 fully saturated rings. The Hall–Kier alpha value is -2.87. The number of hydrogen-bond acceptors (Lipinski definition) is 5. The van der Waals surface area contributed by atoms with Gasteiger partial charge < -0.3 is 16.4 Å². The van der Waals surface area contributed by atoms with Gasteiger partial charge in [0.25, 0.3) is 11.8 Å². The van der Waals surface area contributed by atoms with Gasteiger partial charge in [-0.25, -0.2) is 14.4 Å². The highest BCUT2D eigenvalue weighted by Crippen LogP contribution is 2.05. The van der Waals surface area contributed by atoms with Crippen molar-refractivity contribution in [1.29, 1.82) is 0 Å². The number of rotatable bonds is 7. The van der Waals surface area contributed by atoms with Gasteiger partial charge in [-0.05, 0) is 31.0 Å². The van der Waals surface area contributed by atoms with Crippen LogP contribution in [0.4, 0.5) is 4.39 Å². The molecule has 2 amide bonds. The van der Waals surface area contributed by atoms with E-state index in [0.29, 0.717) is 13.0 Å². The van der Waals surface area contributed by atoms with Gasteiger partial charge >= 0.3 is 0 Å². The maximum Gasteiger partial charge on any atom is 0.272 e. The van der Waals surface area contributed by atoms with Crippen LogP contribution < -0.4 is 16.4 Å². The number of nitrogens with two attached hydrogens (primary N) is 1. The molecule has 2 rings (SSSR count). The molecule has 132 valence electrons. The van der Waals surface area contributed by atoms with Crippen molar-refractivity contribution in [3.63, 3.8) is 0 Å². The lowest BCUT2D eigenvalue weighted by molar-refractivity contribution is 0.0909. The minimum absolute atomic E-state index is 0.0411. The van der Waals surface area contributed by atoms with Crippen molar-refractivity contribution in [2.24, 2.45) is 5.73 Å². The van der Waals surface area contributed by atoms with Crippen LogP contribution in [0, 0.1) is 5.82 Å². The zero-order valence-corrected chi connectivity index (χ0v) is 13.8. The Bertz CT molecular complexity index is 734. The van der Waals surface area contributed by atoms with Gasteiger partial charge in [0.15, 0.2) is 11.4 Å². The molecule has 0 aliphatic carbocycles. The predicted molar refractivity (Wildman–Crippen MR) is 90.2 cm³/mol. The summed E-state index contributed by atoms with van der Waals surface area (Å²) in [5.41, 5.74) is 6.24. The normalized spacial score (nSPS) is 11.6. The van der Waals surface area contributed by atoms with Gasteiger partial charge in [0, 0.05) is 31.5 Å². The second-order valence-corrected chi connectivity index (χ2v) is 5.58. The van der Waals surface area contributed by atoms with E-state index in [1.807, 2.05) is 6.92 Å². The van der Waals surface area contributed by atoms with Gasteiger partial charge in [-0.3, -0.25) is 9.59 Å². The van der Waals surface area contributed by atoms with Gasteiger partial charge in [0.05, 0.1) is 0 Å². The van der Waals surface area contributed by atoms with Gasteiger partial charge in [-0.2, -0.15) is 0 Å². The van der Waals surface area contributed by atoms with Crippen LogP contribution in [0.15, 0.2) is 36.7 Å². The highest BCUT2D eigenvalue weighted by atomic mass is 19.1. The Morgan fingerprint density at radius 3 is 2.20 bits per heavy atom. The Labute approximate surface area is 144 Å². The molecule has 0 spiro atoms. The monoisotopic (exact) mass is 345 g/mol. The fraction of sp³-hybridized carbons (Fsp3) is 0.294. The molecule has 0 bridgehead atoms. The molecule has 0 aliphatic heterocycles. The first-order chi connectivity index (χ1) is 12.0. The molecule has 1 heterocycles. The molecule has 1 aromatic carbocycles. The van der Waals surface area contributed by atoms with E-state index < -0.39 is 11.8 Å². The molecule has 2 aromatic rings. The minimum atomic E-state index is -0.533. The standard InChI is InChI=1S/C17H20FN5O2/c1-11(19)6-7-22-16(24)14-15(21-9-8-20-14)17(25)23-10-12-2-4-13(18)5-3-12/h2-5,8-9,11H,6-7,10,19H2,1H3,(H,22,24)(H,23,25). The summed E-state index contributed by atoms with van der Waals surface area (Å²) in [6.45, 7) is 2.40. The molecule has 4 N–H and O–H groups in total. The quantitative estimate of drug-likeness (QED) is 0.694. The molecular weight excluding hydrogens is 325 g/mol. The van der Waals surface area contributed by atoms with Gasteiger partial charge in [0.1, 0.15) is 5.82 Å². The van der Waals surface area contributed by atoms with E-state index in [0.717, 1.165) is 5.56 Å². The minimum Gasteiger partial charge on any atom is -0.351 e. The van der Waals surface area contributed by atoms with Crippen LogP contribution in [0.5, 0.6) is 0 Å². The van der Waals surface area contributed by atoms with E-state index in [4.69, 9.17) is 5.73 Å². The van der Waals surface area contributed by atoms with E-state index >= 15 is 0 Å². The number of halogens is 1. The zero-order chi connectivity index (χ0) is 18.2. The van der Waals surface area contributed by atoms with Crippen LogP contribution in [0.1, 0.15) is 39.9 Å². The number of benzene rings is 1. The van der Waals surface area contributed by atoms with Crippen LogP contribution in [-0.4, -0.2) is 34.4 Å². The number of amides is 2. The molecule has 7 nitrogen and oxygen atoms in total. The van der Waals surface area contributed by atoms with E-state index in [2.05, 4.69) is 20.6 Å². The lowest BCUT2D eigenvalue weighted by Gasteiger charge is -2.10. The van der Waals surface area contributed by atoms with Crippen molar-refractivity contribution in [2.75, 3.05) is 6.54 Å². The zero-order valence-electron chi connectivity index (χ0n) is 13.8. The second kappa shape index (κ2) is 8.84. The second-order valence-electron chi connectivity index (χ2n) is 5.58. The third-order valence-electron chi connectivity index (χ3n) is 3.38. The third-order valence-corrected chi connectivity index (χ3v) is 3.38. The summed E-state index contributed by atoms with van der Waals surface area (Å²) in [4.78, 5) is 32.4. The molecule has 1 atom stereocenters. The maximum absolute atomic E-state index is 12.9. The van der Waals surface area contributed by atoms with Gasteiger partial charge in [-0.1, -0.05) is 12.1 Å². The Kier molecular flexibility index (Phi) is 6.53. The summed E-state index contributed by atoms with van der Waals surface area (Å²) in [6, 6.07) is 5.70. The average Bonchev–Trinajstić information content (AvgIpc) is 2.60. The summed E-state index contributed by atoms with van der Waals surface area (Å²) in [5, 5.41) is 5.30. The van der Waals surface area contributed by atoms with Crippen LogP contribution in [0.25, 0.3) is 0 Å². The van der Waals surface area contributed by atoms with E-state index in [9.17, 15) is 14.0 Å². The van der Waals surface area contributed by atoms with Gasteiger partial charge in [0.2, 0.25) is 0 Å². The van der Waals surface area contributed by atoms with Crippen LogP contribution >= 0.6 is 0 Å². The third kappa shape index (κ3) is 5.61. The topological polar surface area (TPSA) is 110 Å². The fourth-order valence-corrected chi connectivity index (χ4v) is 2.04. The van der Waals surface area contributed by atoms with Crippen molar-refractivity contribution in [3.8, 4) is 0 Å². The molecule has 0 radical (unpaired) electrons. The summed E-state index contributed by atoms with van der Waals surface area (Å²) < 4.78 is 12.9. The number of carbonyl (C=O) groups is 2. The molecule has 0 aliphatic rings. The number of nitrogens with zero attached hydrogens (tertiary/aromatic N) is 2. The van der Waals surface area contributed by atoms with Crippen molar-refractivity contribution < 1.29 is 14.0 Å². The lowest BCUT2D eigenvalue weighted by atomic mass is 10.2. The van der Waals surface area contributed by atoms with Crippen molar-refractivity contribution in [2.45, 2.75) is 25.9 Å². The number of nitrogens with one attached hydrogen (secondary N) is 2. The Morgan fingerprint density at radius 2 is 1.64 bits per heavy atom. The summed E-state index contributed by atoms with van der Waals surface area (Å²) in [6.07, 6.45) is 3.29. The predicted octanol–water partition coefficient (Wildman–Crippen LogP) is 1.01. The first-order valence-corrected chi connectivity index (χ1v) is 7.85. The molecule has 1 unspecified atom stereocenters. The molecular formula is C17H20FN5O2. The maximum atomic E-state index is 12.9. The highest BCUT2D eigenvalue weighted by molar-refractivity contribution is 6.04. The molecule has 0 saturated carbocycles. The SMILES string of the molecule is CC(N)CCNC(=O)c1nccnc1C(=O)NCc1ccc(F)cc1. The largest absolute Gasteiger partial charge is 0.351 e. The first-order valence-electron chi connectivity index (χ1n) is 7.85. The summed E-state index contributed by atoms with van der Waals surface area (Å²) >= 11 is 0. The Morgan fingerprint density at radius 1 is 1.08 bits per heavy atom. The van der Waals surface area contributed by atoms with E-state index in [1.54, 1.807) is 12.1 Å². The Balaban J connectivity index is 2.01. The number of hydrogen-bond donors (Lipinski definition) is 3. The van der Waals surface area contributed by atoms with Crippen molar-refractivity contribution >= 4 is 11.8 Å². The first kappa shape index (κ1) is 18.5. The van der Waals surface area contributed by atoms with Crippen molar-refractivity contribution in [3.05, 3.63) is 59.4 Å². The van der Waals surface area contributed by atoms with Crippen LogP contribution in [0.2, 0.25) is 0 Å². The van der Waals surface area contributed by atoms with Crippen molar-refractivity contribution in [1.82, 2.24) is 20.6 Å². The van der Waals surface area contributed by atoms with Crippen LogP contribution in [0.3, 0.4) is 0 Å². The molecule has 8 heteroatoms. The number of aromatic nitrogens is 2. The average molecular weight is 345 g/mol. The molecule has 25 heavy (non-hydrogen) atoms. The summed E-state index contributed by atoms with van der Waals surface area (Å²) in [7, 11) is 0. The molecule has 0 saturated heterocycles. The lowest BCUT2D eigenvalue weighted by Crippen LogP contribution is -2.33. The summed E-state index contributed by atoms with van der Waals surface area (Å²) in [5.74, 6) is -1.37. The van der Waals surface area contributed by atoms with Crippen LogP contribution in [-0.2, 0) is 6.54 Å². The smallest absolute Gasteiger partial charge is 0.272 e. The van der Waals surface area contributed by atoms with E-state index in [-0.39, 0.29) is 29.8 Å². The fourth-order valence-electron chi connectivity index (χ4n) is 2.04. The molecule has 1 aromatic heterocycles. The van der Waals surface area contributed by atoms with E-state index in [1.165, 1.54) is 24.5 Å². The number of carbonyl (C=O) groups excluding carboxylic acids is 2. The highest BCUT2D eigenvalue weighted by Gasteiger charge is 2.19.